The van der Waals surface area contributed by atoms with Gasteiger partial charge in [-0.05, 0) is 56.4 Å². The minimum Gasteiger partial charge on any atom is -0.478 e. The van der Waals surface area contributed by atoms with E-state index in [1.807, 2.05) is 19.9 Å². The Hall–Kier alpha value is -2.44. The van der Waals surface area contributed by atoms with Crippen molar-refractivity contribution in [3.63, 3.8) is 0 Å². The second-order valence-corrected chi connectivity index (χ2v) is 6.10. The topological polar surface area (TPSA) is 78.4 Å². The molecule has 0 saturated heterocycles. The van der Waals surface area contributed by atoms with Crippen LogP contribution in [-0.4, -0.2) is 22.1 Å². The number of carboxylic acids is 1. The third-order valence-electron chi connectivity index (χ3n) is 3.17. The zero-order valence-corrected chi connectivity index (χ0v) is 14.6. The van der Waals surface area contributed by atoms with Crippen molar-refractivity contribution < 1.29 is 14.7 Å². The Kier molecular flexibility index (Phi) is 5.54. The average Bonchev–Trinajstić information content (AvgIpc) is 2.48. The lowest BCUT2D eigenvalue weighted by Crippen LogP contribution is -2.34. The molecule has 0 unspecified atom stereocenters. The highest BCUT2D eigenvalue weighted by Crippen LogP contribution is 2.23. The van der Waals surface area contributed by atoms with Crippen LogP contribution in [0.1, 0.15) is 31.8 Å². The summed E-state index contributed by atoms with van der Waals surface area (Å²) in [6, 6.07) is 9.64. The first-order valence-corrected chi connectivity index (χ1v) is 7.78. The van der Waals surface area contributed by atoms with E-state index in [-0.39, 0.29) is 16.6 Å². The van der Waals surface area contributed by atoms with Crippen molar-refractivity contribution in [3.05, 3.63) is 63.7 Å². The van der Waals surface area contributed by atoms with Gasteiger partial charge in [-0.3, -0.25) is 10.1 Å². The number of aromatic carboxylic acids is 1. The molecule has 24 heavy (non-hydrogen) atoms. The SMILES string of the molecule is Cc1cc(C)cc(C(=O)NC(=S)Nc2cc(C(=O)O)ccc2Cl)c1. The summed E-state index contributed by atoms with van der Waals surface area (Å²) in [7, 11) is 0. The van der Waals surface area contributed by atoms with Gasteiger partial charge in [-0.2, -0.15) is 0 Å². The Bertz CT molecular complexity index is 816. The largest absolute Gasteiger partial charge is 0.478 e. The number of halogens is 1. The van der Waals surface area contributed by atoms with E-state index in [1.54, 1.807) is 12.1 Å². The van der Waals surface area contributed by atoms with Crippen LogP contribution in [0.4, 0.5) is 5.69 Å². The van der Waals surface area contributed by atoms with Gasteiger partial charge in [-0.25, -0.2) is 4.79 Å². The van der Waals surface area contributed by atoms with Crippen molar-refractivity contribution in [2.75, 3.05) is 5.32 Å². The van der Waals surface area contributed by atoms with Crippen molar-refractivity contribution in [2.45, 2.75) is 13.8 Å². The van der Waals surface area contributed by atoms with E-state index in [0.29, 0.717) is 16.3 Å². The molecule has 5 nitrogen and oxygen atoms in total. The van der Waals surface area contributed by atoms with Crippen LogP contribution >= 0.6 is 23.8 Å². The molecule has 124 valence electrons. The van der Waals surface area contributed by atoms with Gasteiger partial charge in [-0.1, -0.05) is 28.8 Å². The van der Waals surface area contributed by atoms with Gasteiger partial charge in [0.2, 0.25) is 0 Å². The summed E-state index contributed by atoms with van der Waals surface area (Å²) < 4.78 is 0. The highest BCUT2D eigenvalue weighted by atomic mass is 35.5. The number of hydrogen-bond acceptors (Lipinski definition) is 3. The molecule has 0 heterocycles. The highest BCUT2D eigenvalue weighted by Gasteiger charge is 2.12. The van der Waals surface area contributed by atoms with Crippen LogP contribution in [-0.2, 0) is 0 Å². The highest BCUT2D eigenvalue weighted by molar-refractivity contribution is 7.80. The molecule has 0 spiro atoms. The zero-order chi connectivity index (χ0) is 17.9. The summed E-state index contributed by atoms with van der Waals surface area (Å²) in [6.07, 6.45) is 0. The number of carbonyl (C=O) groups is 2. The van der Waals surface area contributed by atoms with Crippen molar-refractivity contribution in [1.29, 1.82) is 0 Å². The third kappa shape index (κ3) is 4.53. The summed E-state index contributed by atoms with van der Waals surface area (Å²) in [6.45, 7) is 3.80. The smallest absolute Gasteiger partial charge is 0.335 e. The first-order valence-electron chi connectivity index (χ1n) is 7.00. The van der Waals surface area contributed by atoms with Crippen LogP contribution in [0.25, 0.3) is 0 Å². The van der Waals surface area contributed by atoms with Gasteiger partial charge in [0, 0.05) is 5.56 Å². The second-order valence-electron chi connectivity index (χ2n) is 5.28. The van der Waals surface area contributed by atoms with Crippen molar-refractivity contribution in [1.82, 2.24) is 5.32 Å². The van der Waals surface area contributed by atoms with Crippen LogP contribution in [0.2, 0.25) is 5.02 Å². The molecular weight excluding hydrogens is 348 g/mol. The van der Waals surface area contributed by atoms with E-state index < -0.39 is 5.97 Å². The van der Waals surface area contributed by atoms with Crippen molar-refractivity contribution in [3.8, 4) is 0 Å². The molecule has 0 aliphatic heterocycles. The molecule has 7 heteroatoms. The Balaban J connectivity index is 2.12. The molecule has 0 aliphatic carbocycles. The first-order chi connectivity index (χ1) is 11.3. The van der Waals surface area contributed by atoms with Crippen LogP contribution in [0.5, 0.6) is 0 Å². The minimum atomic E-state index is -1.08. The van der Waals surface area contributed by atoms with E-state index >= 15 is 0 Å². The fraction of sp³-hybridized carbons (Fsp3) is 0.118. The first kappa shape index (κ1) is 17.9. The molecule has 0 fully saturated rings. The van der Waals surface area contributed by atoms with Crippen molar-refractivity contribution in [2.24, 2.45) is 0 Å². The molecule has 0 bridgehead atoms. The van der Waals surface area contributed by atoms with E-state index in [9.17, 15) is 9.59 Å². The summed E-state index contributed by atoms with van der Waals surface area (Å²) in [5.74, 6) is -1.44. The van der Waals surface area contributed by atoms with Gasteiger partial charge in [0.05, 0.1) is 16.3 Å². The number of carbonyl (C=O) groups excluding carboxylic acids is 1. The van der Waals surface area contributed by atoms with Gasteiger partial charge in [0.15, 0.2) is 5.11 Å². The number of rotatable bonds is 3. The second kappa shape index (κ2) is 7.42. The lowest BCUT2D eigenvalue weighted by Gasteiger charge is -2.12. The molecule has 2 aromatic rings. The average molecular weight is 363 g/mol. The van der Waals surface area contributed by atoms with Gasteiger partial charge < -0.3 is 10.4 Å². The summed E-state index contributed by atoms with van der Waals surface area (Å²) in [5.41, 5.74) is 2.79. The molecule has 0 radical (unpaired) electrons. The Morgan fingerprint density at radius 1 is 1.04 bits per heavy atom. The molecule has 2 rings (SSSR count). The van der Waals surface area contributed by atoms with Gasteiger partial charge in [-0.15, -0.1) is 0 Å². The molecular formula is C17H15ClN2O3S. The molecule has 0 aliphatic rings. The van der Waals surface area contributed by atoms with E-state index in [2.05, 4.69) is 10.6 Å². The van der Waals surface area contributed by atoms with Crippen LogP contribution in [0.15, 0.2) is 36.4 Å². The molecule has 0 saturated carbocycles. The number of anilines is 1. The molecule has 0 aromatic heterocycles. The summed E-state index contributed by atoms with van der Waals surface area (Å²) in [5, 5.41) is 14.6. The van der Waals surface area contributed by atoms with Crippen LogP contribution < -0.4 is 10.6 Å². The maximum Gasteiger partial charge on any atom is 0.335 e. The van der Waals surface area contributed by atoms with E-state index in [0.717, 1.165) is 11.1 Å². The quantitative estimate of drug-likeness (QED) is 0.724. The van der Waals surface area contributed by atoms with Crippen molar-refractivity contribution >= 4 is 46.5 Å². The Morgan fingerprint density at radius 2 is 1.67 bits per heavy atom. The van der Waals surface area contributed by atoms with Gasteiger partial charge in [0.25, 0.3) is 5.91 Å². The summed E-state index contributed by atoms with van der Waals surface area (Å²) in [4.78, 5) is 23.2. The third-order valence-corrected chi connectivity index (χ3v) is 3.71. The lowest BCUT2D eigenvalue weighted by molar-refractivity contribution is 0.0696. The minimum absolute atomic E-state index is 0.0311. The summed E-state index contributed by atoms with van der Waals surface area (Å²) >= 11 is 11.1. The number of hydrogen-bond donors (Lipinski definition) is 3. The molecule has 2 aromatic carbocycles. The Labute approximate surface area is 149 Å². The predicted molar refractivity (Wildman–Crippen MR) is 98.0 cm³/mol. The number of carboxylic acid groups (broad SMARTS) is 1. The fourth-order valence-corrected chi connectivity index (χ4v) is 2.56. The number of thiocarbonyl (C=S) groups is 1. The van der Waals surface area contributed by atoms with Gasteiger partial charge in [0.1, 0.15) is 0 Å². The zero-order valence-electron chi connectivity index (χ0n) is 13.0. The lowest BCUT2D eigenvalue weighted by atomic mass is 10.1. The number of benzene rings is 2. The number of amides is 1. The predicted octanol–water partition coefficient (Wildman–Crippen LogP) is 3.78. The monoisotopic (exact) mass is 362 g/mol. The normalized spacial score (nSPS) is 10.1. The Morgan fingerprint density at radius 3 is 2.25 bits per heavy atom. The number of nitrogens with one attached hydrogen (secondary N) is 2. The standard InChI is InChI=1S/C17H15ClN2O3S/c1-9-5-10(2)7-12(6-9)15(21)20-17(24)19-14-8-11(16(22)23)3-4-13(14)18/h3-8H,1-2H3,(H,22,23)(H2,19,20,21,24). The van der Waals surface area contributed by atoms with Gasteiger partial charge >= 0.3 is 5.97 Å². The molecule has 0 atom stereocenters. The maximum absolute atomic E-state index is 12.2. The number of aryl methyl sites for hydroxylation is 2. The van der Waals surface area contributed by atoms with E-state index in [1.165, 1.54) is 18.2 Å². The molecule has 3 N–H and O–H groups in total. The molecule has 1 amide bonds. The maximum atomic E-state index is 12.2. The van der Waals surface area contributed by atoms with Crippen LogP contribution in [0, 0.1) is 13.8 Å². The van der Waals surface area contributed by atoms with Crippen LogP contribution in [0.3, 0.4) is 0 Å². The fourth-order valence-electron chi connectivity index (χ4n) is 2.19. The van der Waals surface area contributed by atoms with E-state index in [4.69, 9.17) is 28.9 Å².